The molecular formula is C30H59NO18. The Morgan fingerprint density at radius 3 is 1.27 bits per heavy atom. The van der Waals surface area contributed by atoms with Crippen LogP contribution in [0, 0.1) is 0 Å². The minimum Gasteiger partial charge on any atom is -0.394 e. The zero-order valence-electron chi connectivity index (χ0n) is 29.0. The highest BCUT2D eigenvalue weighted by Gasteiger charge is 2.47. The van der Waals surface area contributed by atoms with Crippen LogP contribution in [0.15, 0.2) is 0 Å². The summed E-state index contributed by atoms with van der Waals surface area (Å²) in [6.07, 6.45) is -16.1. The molecule has 0 radical (unpaired) electrons. The van der Waals surface area contributed by atoms with Gasteiger partial charge in [0, 0.05) is 6.92 Å². The van der Waals surface area contributed by atoms with Gasteiger partial charge in [-0.3, -0.25) is 4.79 Å². The van der Waals surface area contributed by atoms with Gasteiger partial charge in [-0.2, -0.15) is 0 Å². The van der Waals surface area contributed by atoms with Crippen LogP contribution in [0.5, 0.6) is 0 Å². The quantitative estimate of drug-likeness (QED) is 0.0952. The summed E-state index contributed by atoms with van der Waals surface area (Å²) in [4.78, 5) is 11.1. The third kappa shape index (κ3) is 13.7. The van der Waals surface area contributed by atoms with E-state index in [1.165, 1.54) is 6.92 Å². The molecule has 3 fully saturated rings. The fourth-order valence-corrected chi connectivity index (χ4v) is 4.81. The molecule has 3 aliphatic rings. The molecule has 3 heterocycles. The highest BCUT2D eigenvalue weighted by molar-refractivity contribution is 5.73. The van der Waals surface area contributed by atoms with E-state index in [0.29, 0.717) is 0 Å². The Labute approximate surface area is 285 Å². The SMILES string of the molecule is CC(=O)NC1C(OC(C)C)OC(CO)[C@@H](O)[C@@H]1O.CC(C)OC1OC(CO)[C@@H](O)[C@H](O)C1O.CCC(C)O[C@H]1OC(CO)[C@@H](O)[C@H](O)C1O. The van der Waals surface area contributed by atoms with E-state index < -0.39 is 112 Å². The van der Waals surface area contributed by atoms with Crippen LogP contribution in [0.4, 0.5) is 0 Å². The van der Waals surface area contributed by atoms with Crippen LogP contribution in [-0.4, -0.2) is 192 Å². The average molecular weight is 722 g/mol. The maximum atomic E-state index is 11.1. The van der Waals surface area contributed by atoms with Gasteiger partial charge in [-0.15, -0.1) is 0 Å². The monoisotopic (exact) mass is 721 g/mol. The summed E-state index contributed by atoms with van der Waals surface area (Å²) in [5.74, 6) is -0.366. The van der Waals surface area contributed by atoms with Crippen LogP contribution in [0.1, 0.15) is 54.9 Å². The second kappa shape index (κ2) is 22.0. The lowest BCUT2D eigenvalue weighted by molar-refractivity contribution is -0.310. The zero-order valence-corrected chi connectivity index (χ0v) is 29.0. The second-order valence-electron chi connectivity index (χ2n) is 12.6. The first-order valence-electron chi connectivity index (χ1n) is 16.3. The highest BCUT2D eigenvalue weighted by Crippen LogP contribution is 2.25. The molecule has 19 nitrogen and oxygen atoms in total. The number of carbonyl (C=O) groups excluding carboxylic acids is 1. The summed E-state index contributed by atoms with van der Waals surface area (Å²) in [6.45, 7) is 10.7. The molecule has 0 saturated carbocycles. The van der Waals surface area contributed by atoms with E-state index in [0.717, 1.165) is 6.42 Å². The predicted octanol–water partition coefficient (Wildman–Crippen LogP) is -4.83. The summed E-state index contributed by atoms with van der Waals surface area (Å²) >= 11 is 0. The molecular weight excluding hydrogens is 662 g/mol. The summed E-state index contributed by atoms with van der Waals surface area (Å²) < 4.78 is 31.6. The minimum absolute atomic E-state index is 0.138. The number of rotatable bonds is 11. The number of hydrogen-bond donors (Lipinski definition) is 12. The molecule has 19 heteroatoms. The number of amides is 1. The number of nitrogens with one attached hydrogen (secondary N) is 1. The number of carbonyl (C=O) groups is 1. The van der Waals surface area contributed by atoms with Gasteiger partial charge in [0.25, 0.3) is 0 Å². The van der Waals surface area contributed by atoms with Gasteiger partial charge >= 0.3 is 0 Å². The van der Waals surface area contributed by atoms with Crippen molar-refractivity contribution in [1.29, 1.82) is 0 Å². The van der Waals surface area contributed by atoms with Crippen LogP contribution in [-0.2, 0) is 33.2 Å². The molecule has 0 bridgehead atoms. The van der Waals surface area contributed by atoms with Gasteiger partial charge in [0.05, 0.1) is 38.1 Å². The van der Waals surface area contributed by atoms with Gasteiger partial charge in [-0.05, 0) is 41.0 Å². The number of hydrogen-bond acceptors (Lipinski definition) is 18. The Hall–Kier alpha value is -1.21. The maximum Gasteiger partial charge on any atom is 0.217 e. The molecule has 3 saturated heterocycles. The third-order valence-electron chi connectivity index (χ3n) is 7.70. The maximum absolute atomic E-state index is 11.1. The van der Waals surface area contributed by atoms with Gasteiger partial charge in [-0.1, -0.05) is 6.92 Å². The van der Waals surface area contributed by atoms with Crippen molar-refractivity contribution in [2.45, 2.75) is 165 Å². The Morgan fingerprint density at radius 1 is 0.571 bits per heavy atom. The zero-order chi connectivity index (χ0) is 37.7. The van der Waals surface area contributed by atoms with E-state index in [4.69, 9.17) is 43.7 Å². The van der Waals surface area contributed by atoms with Crippen molar-refractivity contribution >= 4 is 5.91 Å². The molecule has 12 N–H and O–H groups in total. The van der Waals surface area contributed by atoms with Crippen molar-refractivity contribution in [1.82, 2.24) is 5.32 Å². The lowest BCUT2D eigenvalue weighted by Gasteiger charge is -2.42. The Morgan fingerprint density at radius 2 is 0.918 bits per heavy atom. The fourth-order valence-electron chi connectivity index (χ4n) is 4.81. The van der Waals surface area contributed by atoms with Gasteiger partial charge in [0.1, 0.15) is 73.2 Å². The van der Waals surface area contributed by atoms with E-state index in [1.807, 2.05) is 6.92 Å². The van der Waals surface area contributed by atoms with E-state index in [2.05, 4.69) is 5.32 Å². The van der Waals surface area contributed by atoms with Crippen molar-refractivity contribution in [2.75, 3.05) is 19.8 Å². The van der Waals surface area contributed by atoms with E-state index in [-0.39, 0.29) is 24.2 Å². The lowest BCUT2D eigenvalue weighted by Crippen LogP contribution is -2.64. The first-order valence-corrected chi connectivity index (χ1v) is 16.3. The van der Waals surface area contributed by atoms with Gasteiger partial charge in [0.2, 0.25) is 5.91 Å². The van der Waals surface area contributed by atoms with Crippen LogP contribution in [0.2, 0.25) is 0 Å². The van der Waals surface area contributed by atoms with Gasteiger partial charge in [-0.25, -0.2) is 0 Å². The first kappa shape index (κ1) is 45.8. The molecule has 3 aliphatic heterocycles. The number of aliphatic hydroxyl groups excluding tert-OH is 11. The first-order chi connectivity index (χ1) is 22.8. The summed E-state index contributed by atoms with van der Waals surface area (Å²) in [5.41, 5.74) is 0. The Kier molecular flexibility index (Phi) is 20.6. The van der Waals surface area contributed by atoms with Crippen LogP contribution >= 0.6 is 0 Å². The standard InChI is InChI=1S/C11H21NO6.C10H20O6.C9H18O6/c1-5(2)17-11-8(12-6(3)14)10(16)9(15)7(4-13)18-11;1-3-5(2)15-10-9(14)8(13)7(12)6(4-11)16-10;1-4(2)14-9-8(13)7(12)6(11)5(3-10)15-9/h5,7-11,13,15-16H,4H2,1-3H3,(H,12,14);5-14H,3-4H2,1-2H3;4-13H,3H2,1-2H3/t7?,8?,9-,10-,11?;5?,6?,7-,8+,9?,10+;5?,6-,7+,8?,9?/m111/s1. The molecule has 0 aliphatic carbocycles. The summed E-state index contributed by atoms with van der Waals surface area (Å²) in [6, 6.07) is -0.873. The van der Waals surface area contributed by atoms with Crippen molar-refractivity contribution < 1.29 is 89.4 Å². The topological polar surface area (TPSA) is 307 Å². The highest BCUT2D eigenvalue weighted by atomic mass is 16.7. The summed E-state index contributed by atoms with van der Waals surface area (Å²) in [7, 11) is 0. The van der Waals surface area contributed by atoms with Crippen molar-refractivity contribution in [2.24, 2.45) is 0 Å². The molecule has 16 atom stereocenters. The Balaban J connectivity index is 0.000000369. The molecule has 0 spiro atoms. The largest absolute Gasteiger partial charge is 0.394 e. The molecule has 0 aromatic rings. The van der Waals surface area contributed by atoms with E-state index in [1.54, 1.807) is 34.6 Å². The smallest absolute Gasteiger partial charge is 0.217 e. The predicted molar refractivity (Wildman–Crippen MR) is 166 cm³/mol. The Bertz CT molecular complexity index is 914. The van der Waals surface area contributed by atoms with Crippen LogP contribution in [0.3, 0.4) is 0 Å². The minimum atomic E-state index is -1.38. The van der Waals surface area contributed by atoms with Crippen molar-refractivity contribution in [3.05, 3.63) is 0 Å². The van der Waals surface area contributed by atoms with Crippen LogP contribution in [0.25, 0.3) is 0 Å². The molecule has 0 aromatic heterocycles. The van der Waals surface area contributed by atoms with Gasteiger partial charge in [0.15, 0.2) is 18.9 Å². The van der Waals surface area contributed by atoms with Crippen molar-refractivity contribution in [3.63, 3.8) is 0 Å². The molecule has 0 aromatic carbocycles. The van der Waals surface area contributed by atoms with Crippen molar-refractivity contribution in [3.8, 4) is 0 Å². The molecule has 9 unspecified atom stereocenters. The van der Waals surface area contributed by atoms with Crippen LogP contribution < -0.4 is 5.32 Å². The fraction of sp³-hybridized carbons (Fsp3) is 0.967. The lowest BCUT2D eigenvalue weighted by atomic mass is 9.97. The van der Waals surface area contributed by atoms with E-state index >= 15 is 0 Å². The van der Waals surface area contributed by atoms with E-state index in [9.17, 15) is 45.6 Å². The molecule has 49 heavy (non-hydrogen) atoms. The average Bonchev–Trinajstić information content (AvgIpc) is 3.04. The third-order valence-corrected chi connectivity index (χ3v) is 7.70. The normalized spacial score (nSPS) is 40.1. The number of aliphatic hydroxyl groups is 11. The molecule has 1 amide bonds. The van der Waals surface area contributed by atoms with Gasteiger partial charge < -0.3 is 89.9 Å². The number of ether oxygens (including phenoxy) is 6. The molecule has 292 valence electrons. The molecule has 3 rings (SSSR count). The summed E-state index contributed by atoms with van der Waals surface area (Å²) in [5, 5.41) is 106. The second-order valence-corrected chi connectivity index (χ2v) is 12.6.